The van der Waals surface area contributed by atoms with Crippen LogP contribution in [0.25, 0.3) is 5.69 Å². The summed E-state index contributed by atoms with van der Waals surface area (Å²) in [6.07, 6.45) is 9.33. The van der Waals surface area contributed by atoms with E-state index in [1.807, 2.05) is 17.7 Å². The standard InChI is InChI=1S/C18H23N3O2/c1-2-23-18(22)13-17-6-3-4-10-21(17)16-8-5-7-15(12-16)20-11-9-19-14-20/h5,7-9,11-12,14,17H,2-4,6,10,13H2,1H3. The molecule has 2 aromatic rings. The summed E-state index contributed by atoms with van der Waals surface area (Å²) in [5, 5.41) is 0. The molecule has 0 bridgehead atoms. The van der Waals surface area contributed by atoms with Gasteiger partial charge in [0.05, 0.1) is 19.4 Å². The van der Waals surface area contributed by atoms with Gasteiger partial charge >= 0.3 is 5.97 Å². The second-order valence-electron chi connectivity index (χ2n) is 5.84. The molecule has 1 fully saturated rings. The largest absolute Gasteiger partial charge is 0.466 e. The zero-order valence-corrected chi connectivity index (χ0v) is 13.5. The molecule has 1 atom stereocenters. The Bertz CT molecular complexity index is 639. The Morgan fingerprint density at radius 1 is 1.35 bits per heavy atom. The zero-order valence-electron chi connectivity index (χ0n) is 13.5. The Balaban J connectivity index is 1.80. The number of piperidine rings is 1. The van der Waals surface area contributed by atoms with Crippen LogP contribution in [0.5, 0.6) is 0 Å². The van der Waals surface area contributed by atoms with Crippen LogP contribution in [0.15, 0.2) is 43.0 Å². The quantitative estimate of drug-likeness (QED) is 0.795. The van der Waals surface area contributed by atoms with Crippen molar-refractivity contribution in [3.8, 4) is 5.69 Å². The number of esters is 1. The summed E-state index contributed by atoms with van der Waals surface area (Å²) < 4.78 is 7.13. The van der Waals surface area contributed by atoms with Crippen molar-refractivity contribution in [1.29, 1.82) is 0 Å². The number of carbonyl (C=O) groups excluding carboxylic acids is 1. The number of benzene rings is 1. The lowest BCUT2D eigenvalue weighted by molar-refractivity contribution is -0.143. The molecule has 1 aliphatic heterocycles. The van der Waals surface area contributed by atoms with Crippen molar-refractivity contribution in [2.45, 2.75) is 38.6 Å². The molecule has 0 aliphatic carbocycles. The molecule has 23 heavy (non-hydrogen) atoms. The highest BCUT2D eigenvalue weighted by Crippen LogP contribution is 2.28. The van der Waals surface area contributed by atoms with Crippen molar-refractivity contribution in [3.63, 3.8) is 0 Å². The molecule has 5 heteroatoms. The first-order valence-corrected chi connectivity index (χ1v) is 8.28. The van der Waals surface area contributed by atoms with Gasteiger partial charge in [-0.3, -0.25) is 4.79 Å². The van der Waals surface area contributed by atoms with Crippen molar-refractivity contribution < 1.29 is 9.53 Å². The second-order valence-corrected chi connectivity index (χ2v) is 5.84. The van der Waals surface area contributed by atoms with Crippen molar-refractivity contribution in [3.05, 3.63) is 43.0 Å². The van der Waals surface area contributed by atoms with E-state index in [9.17, 15) is 4.79 Å². The molecule has 1 unspecified atom stereocenters. The number of hydrogen-bond acceptors (Lipinski definition) is 4. The molecule has 0 saturated carbocycles. The maximum atomic E-state index is 11.9. The smallest absolute Gasteiger partial charge is 0.307 e. The van der Waals surface area contributed by atoms with Gasteiger partial charge in [0.1, 0.15) is 0 Å². The highest BCUT2D eigenvalue weighted by atomic mass is 16.5. The van der Waals surface area contributed by atoms with Crippen LogP contribution in [0, 0.1) is 0 Å². The van der Waals surface area contributed by atoms with Gasteiger partial charge in [-0.2, -0.15) is 0 Å². The number of imidazole rings is 1. The third-order valence-electron chi connectivity index (χ3n) is 4.30. The molecule has 5 nitrogen and oxygen atoms in total. The fraction of sp³-hybridized carbons (Fsp3) is 0.444. The highest BCUT2D eigenvalue weighted by Gasteiger charge is 2.25. The summed E-state index contributed by atoms with van der Waals surface area (Å²) in [6, 6.07) is 8.62. The lowest BCUT2D eigenvalue weighted by Gasteiger charge is -2.37. The maximum absolute atomic E-state index is 11.9. The van der Waals surface area contributed by atoms with E-state index in [1.165, 1.54) is 6.42 Å². The van der Waals surface area contributed by atoms with E-state index >= 15 is 0 Å². The predicted octanol–water partition coefficient (Wildman–Crippen LogP) is 3.18. The van der Waals surface area contributed by atoms with Crippen LogP contribution in [-0.2, 0) is 9.53 Å². The van der Waals surface area contributed by atoms with Gasteiger partial charge in [0.2, 0.25) is 0 Å². The third-order valence-corrected chi connectivity index (χ3v) is 4.30. The van der Waals surface area contributed by atoms with Crippen molar-refractivity contribution >= 4 is 11.7 Å². The Labute approximate surface area is 136 Å². The maximum Gasteiger partial charge on any atom is 0.307 e. The van der Waals surface area contributed by atoms with E-state index in [0.717, 1.165) is 30.8 Å². The molecule has 1 aromatic carbocycles. The normalized spacial score (nSPS) is 18.0. The third kappa shape index (κ3) is 3.73. The van der Waals surface area contributed by atoms with E-state index in [4.69, 9.17) is 4.74 Å². The molecular weight excluding hydrogens is 290 g/mol. The number of nitrogens with zero attached hydrogens (tertiary/aromatic N) is 3. The molecule has 1 aromatic heterocycles. The van der Waals surface area contributed by atoms with E-state index in [0.29, 0.717) is 13.0 Å². The summed E-state index contributed by atoms with van der Waals surface area (Å²) in [5.41, 5.74) is 2.24. The van der Waals surface area contributed by atoms with Crippen molar-refractivity contribution in [2.24, 2.45) is 0 Å². The summed E-state index contributed by atoms with van der Waals surface area (Å²) in [6.45, 7) is 3.28. The van der Waals surface area contributed by atoms with Gasteiger partial charge in [0.25, 0.3) is 0 Å². The first-order chi connectivity index (χ1) is 11.3. The fourth-order valence-electron chi connectivity index (χ4n) is 3.21. The van der Waals surface area contributed by atoms with Gasteiger partial charge < -0.3 is 14.2 Å². The van der Waals surface area contributed by atoms with Gasteiger partial charge in [-0.05, 0) is 44.4 Å². The van der Waals surface area contributed by atoms with Crippen LogP contribution >= 0.6 is 0 Å². The minimum absolute atomic E-state index is 0.102. The Morgan fingerprint density at radius 3 is 3.00 bits per heavy atom. The fourth-order valence-corrected chi connectivity index (χ4v) is 3.21. The molecule has 0 N–H and O–H groups in total. The molecule has 3 rings (SSSR count). The van der Waals surface area contributed by atoms with Crippen LogP contribution < -0.4 is 4.90 Å². The lowest BCUT2D eigenvalue weighted by Crippen LogP contribution is -2.41. The SMILES string of the molecule is CCOC(=O)CC1CCCCN1c1cccc(-n2ccnc2)c1. The van der Waals surface area contributed by atoms with E-state index in [1.54, 1.807) is 12.5 Å². The van der Waals surface area contributed by atoms with Crippen LogP contribution in [0.2, 0.25) is 0 Å². The van der Waals surface area contributed by atoms with Gasteiger partial charge in [-0.25, -0.2) is 4.98 Å². The number of rotatable bonds is 5. The molecule has 2 heterocycles. The van der Waals surface area contributed by atoms with Crippen LogP contribution in [0.3, 0.4) is 0 Å². The van der Waals surface area contributed by atoms with E-state index in [2.05, 4.69) is 34.1 Å². The highest BCUT2D eigenvalue weighted by molar-refractivity contribution is 5.71. The van der Waals surface area contributed by atoms with Gasteiger partial charge in [-0.1, -0.05) is 6.07 Å². The number of anilines is 1. The first-order valence-electron chi connectivity index (χ1n) is 8.28. The molecule has 1 saturated heterocycles. The average molecular weight is 313 g/mol. The predicted molar refractivity (Wildman–Crippen MR) is 89.8 cm³/mol. The Morgan fingerprint density at radius 2 is 2.22 bits per heavy atom. The van der Waals surface area contributed by atoms with Gasteiger partial charge in [0.15, 0.2) is 0 Å². The van der Waals surface area contributed by atoms with E-state index in [-0.39, 0.29) is 12.0 Å². The summed E-state index contributed by atoms with van der Waals surface area (Å²) in [5.74, 6) is -0.102. The monoisotopic (exact) mass is 313 g/mol. The van der Waals surface area contributed by atoms with Gasteiger partial charge in [-0.15, -0.1) is 0 Å². The molecule has 0 spiro atoms. The topological polar surface area (TPSA) is 47.4 Å². The molecule has 0 radical (unpaired) electrons. The second kappa shape index (κ2) is 7.31. The Kier molecular flexibility index (Phi) is 4.95. The summed E-state index contributed by atoms with van der Waals surface area (Å²) >= 11 is 0. The van der Waals surface area contributed by atoms with Crippen LogP contribution in [0.4, 0.5) is 5.69 Å². The van der Waals surface area contributed by atoms with Gasteiger partial charge in [0, 0.05) is 36.4 Å². The Hall–Kier alpha value is -2.30. The summed E-state index contributed by atoms with van der Waals surface area (Å²) in [4.78, 5) is 18.3. The lowest BCUT2D eigenvalue weighted by atomic mass is 9.98. The van der Waals surface area contributed by atoms with Crippen LogP contribution in [0.1, 0.15) is 32.6 Å². The number of aromatic nitrogens is 2. The van der Waals surface area contributed by atoms with E-state index < -0.39 is 0 Å². The first kappa shape index (κ1) is 15.6. The number of carbonyl (C=O) groups is 1. The molecular formula is C18H23N3O2. The van der Waals surface area contributed by atoms with Crippen molar-refractivity contribution in [2.75, 3.05) is 18.1 Å². The average Bonchev–Trinajstić information content (AvgIpc) is 3.10. The molecule has 0 amide bonds. The number of hydrogen-bond donors (Lipinski definition) is 0. The zero-order chi connectivity index (χ0) is 16.1. The molecule has 122 valence electrons. The summed E-state index contributed by atoms with van der Waals surface area (Å²) in [7, 11) is 0. The number of ether oxygens (including phenoxy) is 1. The minimum Gasteiger partial charge on any atom is -0.466 e. The van der Waals surface area contributed by atoms with Crippen LogP contribution in [-0.4, -0.2) is 34.7 Å². The molecule has 1 aliphatic rings. The van der Waals surface area contributed by atoms with Crippen molar-refractivity contribution in [1.82, 2.24) is 9.55 Å². The minimum atomic E-state index is -0.102.